The van der Waals surface area contributed by atoms with E-state index in [1.165, 1.54) is 5.56 Å². The van der Waals surface area contributed by atoms with E-state index < -0.39 is 0 Å². The lowest BCUT2D eigenvalue weighted by atomic mass is 10.1. The Morgan fingerprint density at radius 1 is 0.857 bits per heavy atom. The normalized spacial score (nSPS) is 12.3. The van der Waals surface area contributed by atoms with Gasteiger partial charge in [-0.05, 0) is 24.1 Å². The van der Waals surface area contributed by atoms with Crippen LogP contribution in [0, 0.1) is 6.92 Å². The first-order valence-electron chi connectivity index (χ1n) is 7.14. The number of ketones is 1. The first kappa shape index (κ1) is 12.2. The highest BCUT2D eigenvalue weighted by Crippen LogP contribution is 2.38. The summed E-state index contributed by atoms with van der Waals surface area (Å²) in [6.07, 6.45) is 0. The van der Waals surface area contributed by atoms with Gasteiger partial charge in [-0.25, -0.2) is 0 Å². The van der Waals surface area contributed by atoms with Crippen molar-refractivity contribution in [2.75, 3.05) is 0 Å². The second-order valence-corrected chi connectivity index (χ2v) is 5.49. The first-order valence-corrected chi connectivity index (χ1v) is 7.14. The molecule has 1 aliphatic rings. The molecule has 21 heavy (non-hydrogen) atoms. The van der Waals surface area contributed by atoms with Crippen molar-refractivity contribution in [3.8, 4) is 11.1 Å². The summed E-state index contributed by atoms with van der Waals surface area (Å²) in [6, 6.07) is 20.3. The van der Waals surface area contributed by atoms with Gasteiger partial charge in [0.2, 0.25) is 5.78 Å². The van der Waals surface area contributed by atoms with Gasteiger partial charge in [-0.1, -0.05) is 54.6 Å². The number of aromatic nitrogens is 1. The van der Waals surface area contributed by atoms with E-state index in [4.69, 9.17) is 0 Å². The molecule has 2 aromatic carbocycles. The predicted octanol–water partition coefficient (Wildman–Crippen LogP) is 4.06. The number of hydrogen-bond donors (Lipinski definition) is 0. The summed E-state index contributed by atoms with van der Waals surface area (Å²) in [5.74, 6) is 0.143. The van der Waals surface area contributed by atoms with Crippen molar-refractivity contribution < 1.29 is 4.79 Å². The van der Waals surface area contributed by atoms with E-state index in [2.05, 4.69) is 29.7 Å². The van der Waals surface area contributed by atoms with E-state index in [1.54, 1.807) is 0 Å². The smallest absolute Gasteiger partial charge is 0.210 e. The largest absolute Gasteiger partial charge is 0.337 e. The van der Waals surface area contributed by atoms with E-state index in [1.807, 2.05) is 42.5 Å². The molecule has 3 aromatic rings. The molecular formula is C19H15NO. The van der Waals surface area contributed by atoms with E-state index in [0.29, 0.717) is 0 Å². The monoisotopic (exact) mass is 273 g/mol. The van der Waals surface area contributed by atoms with Crippen molar-refractivity contribution >= 4 is 5.78 Å². The Morgan fingerprint density at radius 3 is 2.29 bits per heavy atom. The number of aryl methyl sites for hydroxylation is 1. The fraction of sp³-hybridized carbons (Fsp3) is 0.105. The van der Waals surface area contributed by atoms with Gasteiger partial charge >= 0.3 is 0 Å². The fourth-order valence-corrected chi connectivity index (χ4v) is 3.14. The van der Waals surface area contributed by atoms with Crippen LogP contribution in [-0.2, 0) is 6.54 Å². The van der Waals surface area contributed by atoms with Crippen molar-refractivity contribution in [2.24, 2.45) is 0 Å². The molecule has 2 nitrogen and oxygen atoms in total. The van der Waals surface area contributed by atoms with E-state index in [-0.39, 0.29) is 5.78 Å². The third-order valence-corrected chi connectivity index (χ3v) is 4.16. The molecule has 4 rings (SSSR count). The zero-order valence-corrected chi connectivity index (χ0v) is 11.8. The molecule has 0 bridgehead atoms. The molecule has 0 radical (unpaired) electrons. The summed E-state index contributed by atoms with van der Waals surface area (Å²) in [6.45, 7) is 2.80. The number of hydrogen-bond acceptors (Lipinski definition) is 1. The molecule has 0 atom stereocenters. The van der Waals surface area contributed by atoms with Crippen LogP contribution >= 0.6 is 0 Å². The fourth-order valence-electron chi connectivity index (χ4n) is 3.14. The minimum atomic E-state index is 0.143. The molecular weight excluding hydrogens is 258 g/mol. The topological polar surface area (TPSA) is 22.0 Å². The summed E-state index contributed by atoms with van der Waals surface area (Å²) in [5.41, 5.74) is 6.13. The molecule has 0 unspecified atom stereocenters. The molecule has 0 fully saturated rings. The Kier molecular flexibility index (Phi) is 2.58. The number of benzene rings is 2. The Hall–Kier alpha value is -2.61. The summed E-state index contributed by atoms with van der Waals surface area (Å²) >= 11 is 0. The van der Waals surface area contributed by atoms with Crippen molar-refractivity contribution in [1.29, 1.82) is 0 Å². The summed E-state index contributed by atoms with van der Waals surface area (Å²) in [4.78, 5) is 12.7. The van der Waals surface area contributed by atoms with Gasteiger partial charge in [-0.15, -0.1) is 0 Å². The first-order chi connectivity index (χ1) is 10.3. The van der Waals surface area contributed by atoms with E-state index >= 15 is 0 Å². The standard InChI is InChI=1S/C19H15NO/c1-13-11-17-15-9-5-6-10-16(15)19(21)18(17)20(13)12-14-7-3-2-4-8-14/h2-11H,12H2,1H3. The van der Waals surface area contributed by atoms with Gasteiger partial charge in [0.1, 0.15) is 0 Å². The number of carbonyl (C=O) groups excluding carboxylic acids is 1. The molecule has 1 aromatic heterocycles. The van der Waals surface area contributed by atoms with Crippen molar-refractivity contribution in [3.63, 3.8) is 0 Å². The molecule has 2 heteroatoms. The third-order valence-electron chi connectivity index (χ3n) is 4.16. The average Bonchev–Trinajstić information content (AvgIpc) is 2.98. The van der Waals surface area contributed by atoms with Crippen LogP contribution in [0.4, 0.5) is 0 Å². The minimum Gasteiger partial charge on any atom is -0.337 e. The molecule has 1 aliphatic carbocycles. The molecule has 0 amide bonds. The molecule has 1 heterocycles. The summed E-state index contributed by atoms with van der Waals surface area (Å²) in [7, 11) is 0. The van der Waals surface area contributed by atoms with Gasteiger partial charge in [-0.2, -0.15) is 0 Å². The number of rotatable bonds is 2. The molecule has 0 saturated heterocycles. The third kappa shape index (κ3) is 1.76. The molecule has 0 N–H and O–H groups in total. The lowest BCUT2D eigenvalue weighted by molar-refractivity contribution is 0.103. The van der Waals surface area contributed by atoms with Crippen LogP contribution in [0.25, 0.3) is 11.1 Å². The van der Waals surface area contributed by atoms with Crippen LogP contribution < -0.4 is 0 Å². The van der Waals surface area contributed by atoms with Gasteiger partial charge in [0.05, 0.1) is 5.69 Å². The average molecular weight is 273 g/mol. The maximum atomic E-state index is 12.7. The Morgan fingerprint density at radius 2 is 1.52 bits per heavy atom. The minimum absolute atomic E-state index is 0.143. The maximum Gasteiger partial charge on any atom is 0.210 e. The number of nitrogens with zero attached hydrogens (tertiary/aromatic N) is 1. The highest BCUT2D eigenvalue weighted by Gasteiger charge is 2.30. The van der Waals surface area contributed by atoms with E-state index in [0.717, 1.165) is 34.6 Å². The number of carbonyl (C=O) groups is 1. The molecule has 0 aliphatic heterocycles. The second-order valence-electron chi connectivity index (χ2n) is 5.49. The van der Waals surface area contributed by atoms with Crippen LogP contribution in [0.3, 0.4) is 0 Å². The number of fused-ring (bicyclic) bond motifs is 3. The lowest BCUT2D eigenvalue weighted by Gasteiger charge is -2.10. The molecule has 102 valence electrons. The van der Waals surface area contributed by atoms with Crippen LogP contribution in [0.1, 0.15) is 27.3 Å². The second kappa shape index (κ2) is 4.45. The Labute approximate surface area is 123 Å². The summed E-state index contributed by atoms with van der Waals surface area (Å²) in [5, 5.41) is 0. The lowest BCUT2D eigenvalue weighted by Crippen LogP contribution is -2.10. The van der Waals surface area contributed by atoms with Gasteiger partial charge < -0.3 is 4.57 Å². The molecule has 0 saturated carbocycles. The maximum absolute atomic E-state index is 12.7. The van der Waals surface area contributed by atoms with Gasteiger partial charge in [0, 0.05) is 23.4 Å². The summed E-state index contributed by atoms with van der Waals surface area (Å²) < 4.78 is 2.13. The Balaban J connectivity index is 1.86. The van der Waals surface area contributed by atoms with E-state index in [9.17, 15) is 4.79 Å². The zero-order chi connectivity index (χ0) is 14.4. The molecule has 0 spiro atoms. The van der Waals surface area contributed by atoms with Gasteiger partial charge in [-0.3, -0.25) is 4.79 Å². The van der Waals surface area contributed by atoms with Crippen LogP contribution in [0.5, 0.6) is 0 Å². The van der Waals surface area contributed by atoms with Crippen LogP contribution in [0.2, 0.25) is 0 Å². The Bertz CT molecular complexity index is 843. The van der Waals surface area contributed by atoms with Gasteiger partial charge in [0.25, 0.3) is 0 Å². The van der Waals surface area contributed by atoms with Crippen LogP contribution in [0.15, 0.2) is 60.7 Å². The highest BCUT2D eigenvalue weighted by atomic mass is 16.1. The predicted molar refractivity (Wildman–Crippen MR) is 83.6 cm³/mol. The van der Waals surface area contributed by atoms with Crippen molar-refractivity contribution in [1.82, 2.24) is 4.57 Å². The highest BCUT2D eigenvalue weighted by molar-refractivity contribution is 6.21. The SMILES string of the molecule is Cc1cc2c(n1Cc1ccccc1)C(=O)c1ccccc1-2. The van der Waals surface area contributed by atoms with Gasteiger partial charge in [0.15, 0.2) is 0 Å². The van der Waals surface area contributed by atoms with Crippen molar-refractivity contribution in [3.05, 3.63) is 83.2 Å². The van der Waals surface area contributed by atoms with Crippen LogP contribution in [-0.4, -0.2) is 10.4 Å². The zero-order valence-electron chi connectivity index (χ0n) is 11.8. The van der Waals surface area contributed by atoms with Crippen molar-refractivity contribution in [2.45, 2.75) is 13.5 Å². The quantitative estimate of drug-likeness (QED) is 0.540.